The minimum absolute atomic E-state index is 0.0898. The topological polar surface area (TPSA) is 56.7 Å². The van der Waals surface area contributed by atoms with Gasteiger partial charge in [-0.3, -0.25) is 9.69 Å². The lowest BCUT2D eigenvalue weighted by Gasteiger charge is -2.34. The number of rotatable bonds is 10. The number of thiophene rings is 1. The number of aromatic nitrogens is 1. The van der Waals surface area contributed by atoms with Crippen LogP contribution in [0.5, 0.6) is 0 Å². The van der Waals surface area contributed by atoms with Gasteiger partial charge in [0.05, 0.1) is 10.7 Å². The second-order valence-electron chi connectivity index (χ2n) is 11.9. The Kier molecular flexibility index (Phi) is 9.22. The van der Waals surface area contributed by atoms with E-state index in [-0.39, 0.29) is 5.92 Å². The lowest BCUT2D eigenvalue weighted by Crippen LogP contribution is -2.44. The van der Waals surface area contributed by atoms with Gasteiger partial charge in [-0.25, -0.2) is 4.98 Å². The molecule has 1 aromatic carbocycles. The predicted molar refractivity (Wildman–Crippen MR) is 162 cm³/mol. The second-order valence-corrected chi connectivity index (χ2v) is 13.8. The molecule has 39 heavy (non-hydrogen) atoms. The Hall–Kier alpha value is -2.06. The highest BCUT2D eigenvalue weighted by molar-refractivity contribution is 7.12. The summed E-state index contributed by atoms with van der Waals surface area (Å²) < 4.78 is 0. The van der Waals surface area contributed by atoms with Crippen molar-refractivity contribution in [1.82, 2.24) is 14.8 Å². The molecule has 0 radical (unpaired) electrons. The Morgan fingerprint density at radius 3 is 2.62 bits per heavy atom. The van der Waals surface area contributed by atoms with E-state index in [2.05, 4.69) is 64.7 Å². The van der Waals surface area contributed by atoms with Crippen molar-refractivity contribution >= 4 is 28.6 Å². The maximum atomic E-state index is 12.2. The molecule has 3 atom stereocenters. The van der Waals surface area contributed by atoms with E-state index < -0.39 is 12.0 Å². The highest BCUT2D eigenvalue weighted by Gasteiger charge is 2.41. The first kappa shape index (κ1) is 28.5. The van der Waals surface area contributed by atoms with Crippen LogP contribution in [0.15, 0.2) is 41.1 Å². The molecule has 3 unspecified atom stereocenters. The SMILES string of the molecule is CCc1nc(Cc2ccsc2)sc1C1CCN(CC2CN(C(C(=O)O)C(C)C)CC2c2cccc(C)c2)CC1. The molecule has 0 aliphatic carbocycles. The van der Waals surface area contributed by atoms with Gasteiger partial charge in [0.1, 0.15) is 6.04 Å². The molecule has 3 aromatic rings. The number of benzene rings is 1. The Morgan fingerprint density at radius 1 is 1.18 bits per heavy atom. The van der Waals surface area contributed by atoms with Crippen LogP contribution < -0.4 is 0 Å². The van der Waals surface area contributed by atoms with E-state index in [0.717, 1.165) is 45.6 Å². The van der Waals surface area contributed by atoms with Gasteiger partial charge in [-0.15, -0.1) is 11.3 Å². The van der Waals surface area contributed by atoms with Crippen LogP contribution in [-0.4, -0.2) is 64.6 Å². The number of carboxylic acid groups (broad SMARTS) is 1. The first-order valence-electron chi connectivity index (χ1n) is 14.6. The van der Waals surface area contributed by atoms with Crippen molar-refractivity contribution in [3.8, 4) is 0 Å². The second kappa shape index (κ2) is 12.6. The van der Waals surface area contributed by atoms with E-state index in [9.17, 15) is 9.90 Å². The highest BCUT2D eigenvalue weighted by Crippen LogP contribution is 2.39. The zero-order valence-electron chi connectivity index (χ0n) is 23.8. The van der Waals surface area contributed by atoms with Crippen LogP contribution in [0.1, 0.15) is 77.7 Å². The van der Waals surface area contributed by atoms with Crippen molar-refractivity contribution < 1.29 is 9.90 Å². The molecule has 2 aliphatic heterocycles. The first-order valence-corrected chi connectivity index (χ1v) is 16.3. The minimum Gasteiger partial charge on any atom is -0.480 e. The average Bonchev–Trinajstić information content (AvgIpc) is 3.65. The Morgan fingerprint density at radius 2 is 1.97 bits per heavy atom. The van der Waals surface area contributed by atoms with E-state index in [0.29, 0.717) is 17.8 Å². The summed E-state index contributed by atoms with van der Waals surface area (Å²) in [5.74, 6) is 0.817. The summed E-state index contributed by atoms with van der Waals surface area (Å²) in [6.07, 6.45) is 4.32. The van der Waals surface area contributed by atoms with Crippen LogP contribution in [0.4, 0.5) is 0 Å². The summed E-state index contributed by atoms with van der Waals surface area (Å²) in [5, 5.41) is 15.7. The largest absolute Gasteiger partial charge is 0.480 e. The highest BCUT2D eigenvalue weighted by atomic mass is 32.1. The fourth-order valence-corrected chi connectivity index (χ4v) is 8.82. The van der Waals surface area contributed by atoms with Crippen molar-refractivity contribution in [1.29, 1.82) is 0 Å². The quantitative estimate of drug-likeness (QED) is 0.298. The van der Waals surface area contributed by atoms with Crippen LogP contribution in [0.2, 0.25) is 0 Å². The monoisotopic (exact) mass is 565 g/mol. The third kappa shape index (κ3) is 6.64. The summed E-state index contributed by atoms with van der Waals surface area (Å²) in [6.45, 7) is 13.4. The molecule has 0 bridgehead atoms. The smallest absolute Gasteiger partial charge is 0.321 e. The number of carboxylic acids is 1. The van der Waals surface area contributed by atoms with Crippen LogP contribution in [0.25, 0.3) is 0 Å². The van der Waals surface area contributed by atoms with Gasteiger partial charge < -0.3 is 10.0 Å². The van der Waals surface area contributed by atoms with Gasteiger partial charge in [-0.05, 0) is 85.0 Å². The molecule has 0 saturated carbocycles. The van der Waals surface area contributed by atoms with Gasteiger partial charge in [-0.1, -0.05) is 50.6 Å². The minimum atomic E-state index is -0.691. The molecular weight excluding hydrogens is 523 g/mol. The fourth-order valence-electron chi connectivity index (χ4n) is 6.80. The molecule has 5 nitrogen and oxygen atoms in total. The van der Waals surface area contributed by atoms with Gasteiger partial charge in [0.15, 0.2) is 0 Å². The molecular formula is C32H43N3O2S2. The Balaban J connectivity index is 1.26. The van der Waals surface area contributed by atoms with E-state index in [1.54, 1.807) is 11.3 Å². The number of nitrogens with zero attached hydrogens (tertiary/aromatic N) is 3. The van der Waals surface area contributed by atoms with E-state index in [1.165, 1.54) is 45.1 Å². The molecule has 7 heteroatoms. The molecule has 0 amide bonds. The van der Waals surface area contributed by atoms with Crippen molar-refractivity contribution in [2.75, 3.05) is 32.7 Å². The number of hydrogen-bond donors (Lipinski definition) is 1. The van der Waals surface area contributed by atoms with Crippen LogP contribution in [-0.2, 0) is 17.6 Å². The van der Waals surface area contributed by atoms with Crippen molar-refractivity contribution in [2.45, 2.75) is 71.3 Å². The summed E-state index contributed by atoms with van der Waals surface area (Å²) in [4.78, 5) is 23.6. The zero-order chi connectivity index (χ0) is 27.5. The van der Waals surface area contributed by atoms with Crippen molar-refractivity contribution in [2.24, 2.45) is 11.8 Å². The predicted octanol–water partition coefficient (Wildman–Crippen LogP) is 6.67. The van der Waals surface area contributed by atoms with Gasteiger partial charge in [0.2, 0.25) is 0 Å². The Labute approximate surface area is 241 Å². The molecule has 2 saturated heterocycles. The van der Waals surface area contributed by atoms with Gasteiger partial charge in [-0.2, -0.15) is 11.3 Å². The molecule has 5 rings (SSSR count). The normalized spacial score (nSPS) is 22.1. The number of likely N-dealkylation sites (tertiary alicyclic amines) is 2. The number of aryl methyl sites for hydroxylation is 2. The number of carbonyl (C=O) groups is 1. The van der Waals surface area contributed by atoms with Crippen LogP contribution >= 0.6 is 22.7 Å². The number of aliphatic carboxylic acids is 1. The molecule has 2 aromatic heterocycles. The lowest BCUT2D eigenvalue weighted by molar-refractivity contribution is -0.144. The average molecular weight is 566 g/mol. The Bertz CT molecular complexity index is 1230. The van der Waals surface area contributed by atoms with Crippen LogP contribution in [0.3, 0.4) is 0 Å². The van der Waals surface area contributed by atoms with Gasteiger partial charge in [0.25, 0.3) is 0 Å². The maximum absolute atomic E-state index is 12.2. The molecule has 0 spiro atoms. The van der Waals surface area contributed by atoms with Gasteiger partial charge >= 0.3 is 5.97 Å². The van der Waals surface area contributed by atoms with Gasteiger partial charge in [0, 0.05) is 36.9 Å². The van der Waals surface area contributed by atoms with Crippen molar-refractivity contribution in [3.63, 3.8) is 0 Å². The molecule has 2 fully saturated rings. The van der Waals surface area contributed by atoms with E-state index in [4.69, 9.17) is 4.98 Å². The van der Waals surface area contributed by atoms with E-state index in [1.807, 2.05) is 25.2 Å². The summed E-state index contributed by atoms with van der Waals surface area (Å²) in [6, 6.07) is 10.6. The van der Waals surface area contributed by atoms with Crippen LogP contribution in [0, 0.1) is 18.8 Å². The summed E-state index contributed by atoms with van der Waals surface area (Å²) >= 11 is 3.70. The van der Waals surface area contributed by atoms with E-state index >= 15 is 0 Å². The number of piperidine rings is 1. The lowest BCUT2D eigenvalue weighted by atomic mass is 9.86. The fraction of sp³-hybridized carbons (Fsp3) is 0.562. The molecule has 4 heterocycles. The van der Waals surface area contributed by atoms with Crippen molar-refractivity contribution in [3.05, 3.63) is 73.4 Å². The summed E-state index contributed by atoms with van der Waals surface area (Å²) in [5.41, 5.74) is 5.32. The zero-order valence-corrected chi connectivity index (χ0v) is 25.4. The molecule has 210 valence electrons. The number of hydrogen-bond acceptors (Lipinski definition) is 6. The maximum Gasteiger partial charge on any atom is 0.321 e. The molecule has 1 N–H and O–H groups in total. The number of thiazole rings is 1. The first-order chi connectivity index (χ1) is 18.8. The standard InChI is InChI=1S/C32H43N3O2S2/c1-5-28-31(39-29(33-28)16-23-11-14-38-20-23)24-9-12-34(13-10-24)17-26-18-35(30(21(2)3)32(36)37)19-27(26)25-8-6-7-22(4)15-25/h6-8,11,14-15,20-21,24,26-27,30H,5,9-10,12-13,16-19H2,1-4H3,(H,36,37). The third-order valence-electron chi connectivity index (χ3n) is 8.71. The summed E-state index contributed by atoms with van der Waals surface area (Å²) in [7, 11) is 0. The third-order valence-corrected chi connectivity index (χ3v) is 10.7. The molecule has 2 aliphatic rings.